The standard InChI is InChI=1S/C18H16BrN3O4S/c19-12-3-1-2-11(8-12)15-20-9-14(27-15)22-10-18(25-16(23)17(24)26-18)21-6-4-13(22)5-7-21/h1-3,8-9,13H,4-7,10H2. The zero-order valence-corrected chi connectivity index (χ0v) is 16.7. The number of piperidine rings is 1. The van der Waals surface area contributed by atoms with Crippen LogP contribution in [0.1, 0.15) is 12.8 Å². The summed E-state index contributed by atoms with van der Waals surface area (Å²) in [6, 6.07) is 8.31. The van der Waals surface area contributed by atoms with E-state index in [4.69, 9.17) is 9.47 Å². The lowest BCUT2D eigenvalue weighted by Crippen LogP contribution is -2.54. The molecule has 0 amide bonds. The van der Waals surface area contributed by atoms with Crippen LogP contribution in [0, 0.1) is 0 Å². The number of halogens is 1. The number of benzene rings is 1. The summed E-state index contributed by atoms with van der Waals surface area (Å²) in [5.74, 6) is -3.15. The molecule has 4 aliphatic rings. The second-order valence-electron chi connectivity index (χ2n) is 6.85. The summed E-state index contributed by atoms with van der Waals surface area (Å²) >= 11 is 5.08. The van der Waals surface area contributed by atoms with Gasteiger partial charge in [-0.1, -0.05) is 39.4 Å². The fourth-order valence-corrected chi connectivity index (χ4v) is 5.35. The van der Waals surface area contributed by atoms with Gasteiger partial charge in [-0.15, -0.1) is 0 Å². The van der Waals surface area contributed by atoms with Crippen molar-refractivity contribution in [1.82, 2.24) is 9.88 Å². The van der Waals surface area contributed by atoms with Gasteiger partial charge in [0.2, 0.25) is 0 Å². The molecule has 27 heavy (non-hydrogen) atoms. The first-order valence-corrected chi connectivity index (χ1v) is 10.3. The van der Waals surface area contributed by atoms with Crippen molar-refractivity contribution in [3.63, 3.8) is 0 Å². The highest BCUT2D eigenvalue weighted by molar-refractivity contribution is 9.10. The van der Waals surface area contributed by atoms with Crippen LogP contribution in [0.4, 0.5) is 5.00 Å². The Morgan fingerprint density at radius 1 is 1.19 bits per heavy atom. The second kappa shape index (κ2) is 6.29. The number of rotatable bonds is 2. The fourth-order valence-electron chi connectivity index (χ4n) is 3.96. The van der Waals surface area contributed by atoms with E-state index in [2.05, 4.69) is 25.8 Å². The normalized spacial score (nSPS) is 26.2. The van der Waals surface area contributed by atoms with Crippen LogP contribution >= 0.6 is 27.3 Å². The molecule has 2 aromatic rings. The molecule has 0 saturated carbocycles. The highest BCUT2D eigenvalue weighted by Gasteiger charge is 2.57. The number of nitrogens with zero attached hydrogens (tertiary/aromatic N) is 3. The van der Waals surface area contributed by atoms with Crippen molar-refractivity contribution in [2.24, 2.45) is 0 Å². The maximum Gasteiger partial charge on any atom is 0.421 e. The minimum Gasteiger partial charge on any atom is -0.398 e. The summed E-state index contributed by atoms with van der Waals surface area (Å²) in [6.07, 6.45) is 3.68. The Kier molecular flexibility index (Phi) is 3.99. The molecule has 1 spiro atoms. The number of hydrogen-bond donors (Lipinski definition) is 0. The number of anilines is 1. The third-order valence-electron chi connectivity index (χ3n) is 5.28. The Bertz CT molecular complexity index is 909. The van der Waals surface area contributed by atoms with E-state index in [0.29, 0.717) is 12.6 Å². The quantitative estimate of drug-likeness (QED) is 0.515. The van der Waals surface area contributed by atoms with Gasteiger partial charge in [-0.25, -0.2) is 19.5 Å². The summed E-state index contributed by atoms with van der Waals surface area (Å²) in [5.41, 5.74) is 1.04. The molecule has 5 heterocycles. The summed E-state index contributed by atoms with van der Waals surface area (Å²) in [4.78, 5) is 32.2. The number of hydrogen-bond acceptors (Lipinski definition) is 8. The van der Waals surface area contributed by atoms with Crippen molar-refractivity contribution < 1.29 is 19.1 Å². The van der Waals surface area contributed by atoms with E-state index >= 15 is 0 Å². The largest absolute Gasteiger partial charge is 0.421 e. The van der Waals surface area contributed by atoms with E-state index in [1.54, 1.807) is 11.3 Å². The number of aromatic nitrogens is 1. The van der Waals surface area contributed by atoms with Gasteiger partial charge in [-0.2, -0.15) is 0 Å². The third-order valence-corrected chi connectivity index (χ3v) is 6.85. The topological polar surface area (TPSA) is 72.0 Å². The molecule has 0 N–H and O–H groups in total. The van der Waals surface area contributed by atoms with Crippen molar-refractivity contribution in [1.29, 1.82) is 0 Å². The van der Waals surface area contributed by atoms with Gasteiger partial charge in [-0.3, -0.25) is 0 Å². The lowest BCUT2D eigenvalue weighted by atomic mass is 10.1. The van der Waals surface area contributed by atoms with Gasteiger partial charge in [0.15, 0.2) is 0 Å². The smallest absolute Gasteiger partial charge is 0.398 e. The van der Waals surface area contributed by atoms with Gasteiger partial charge in [0, 0.05) is 29.2 Å². The average Bonchev–Trinajstić information content (AvgIpc) is 3.19. The van der Waals surface area contributed by atoms with Gasteiger partial charge in [0.05, 0.1) is 6.20 Å². The van der Waals surface area contributed by atoms with E-state index in [1.807, 2.05) is 35.4 Å². The number of esters is 2. The Morgan fingerprint density at radius 2 is 1.93 bits per heavy atom. The number of carbonyl (C=O) groups excluding carboxylic acids is 2. The van der Waals surface area contributed by atoms with Crippen LogP contribution in [0.3, 0.4) is 0 Å². The summed E-state index contributed by atoms with van der Waals surface area (Å²) in [5, 5.41) is 1.90. The Morgan fingerprint density at radius 3 is 2.63 bits per heavy atom. The molecule has 2 bridgehead atoms. The first kappa shape index (κ1) is 17.2. The van der Waals surface area contributed by atoms with Crippen molar-refractivity contribution in [3.8, 4) is 10.6 Å². The predicted molar refractivity (Wildman–Crippen MR) is 102 cm³/mol. The molecule has 4 aliphatic heterocycles. The Balaban J connectivity index is 1.49. The monoisotopic (exact) mass is 449 g/mol. The van der Waals surface area contributed by atoms with Crippen LogP contribution in [0.5, 0.6) is 0 Å². The van der Waals surface area contributed by atoms with E-state index in [9.17, 15) is 9.59 Å². The molecule has 140 valence electrons. The Labute approximate surface area is 168 Å². The van der Waals surface area contributed by atoms with Gasteiger partial charge >= 0.3 is 17.8 Å². The van der Waals surface area contributed by atoms with Gasteiger partial charge in [-0.05, 0) is 25.0 Å². The minimum absolute atomic E-state index is 0.300. The van der Waals surface area contributed by atoms with Gasteiger partial charge in [0.1, 0.15) is 16.6 Å². The number of fused-ring (bicyclic) bond motifs is 3. The van der Waals surface area contributed by atoms with Crippen LogP contribution in [-0.4, -0.2) is 53.4 Å². The molecule has 1 aromatic heterocycles. The molecule has 1 aromatic carbocycles. The molecule has 7 nitrogen and oxygen atoms in total. The Hall–Kier alpha value is -1.97. The maximum absolute atomic E-state index is 11.7. The van der Waals surface area contributed by atoms with E-state index in [1.165, 1.54) is 0 Å². The molecule has 0 unspecified atom stereocenters. The molecular weight excluding hydrogens is 434 g/mol. The molecule has 0 aliphatic carbocycles. The molecule has 6 rings (SSSR count). The summed E-state index contributed by atoms with van der Waals surface area (Å²) in [7, 11) is 0. The van der Waals surface area contributed by atoms with Crippen molar-refractivity contribution in [3.05, 3.63) is 34.9 Å². The zero-order valence-electron chi connectivity index (χ0n) is 14.3. The molecule has 4 fully saturated rings. The number of carbonyl (C=O) groups is 2. The fraction of sp³-hybridized carbons (Fsp3) is 0.389. The predicted octanol–water partition coefficient (Wildman–Crippen LogP) is 2.61. The average molecular weight is 450 g/mol. The molecule has 0 radical (unpaired) electrons. The van der Waals surface area contributed by atoms with Crippen molar-refractivity contribution >= 4 is 44.2 Å². The van der Waals surface area contributed by atoms with Crippen LogP contribution < -0.4 is 4.90 Å². The number of ether oxygens (including phenoxy) is 2. The van der Waals surface area contributed by atoms with E-state index < -0.39 is 17.8 Å². The molecule has 4 saturated heterocycles. The third kappa shape index (κ3) is 2.84. The first-order chi connectivity index (χ1) is 13.0. The van der Waals surface area contributed by atoms with Crippen LogP contribution in [-0.2, 0) is 19.1 Å². The van der Waals surface area contributed by atoms with E-state index in [0.717, 1.165) is 46.0 Å². The van der Waals surface area contributed by atoms with Crippen LogP contribution in [0.25, 0.3) is 10.6 Å². The molecule has 0 atom stereocenters. The summed E-state index contributed by atoms with van der Waals surface area (Å²) < 4.78 is 11.8. The highest BCUT2D eigenvalue weighted by Crippen LogP contribution is 2.41. The lowest BCUT2D eigenvalue weighted by Gasteiger charge is -2.35. The zero-order chi connectivity index (χ0) is 18.6. The first-order valence-electron chi connectivity index (χ1n) is 8.74. The van der Waals surface area contributed by atoms with Crippen molar-refractivity contribution in [2.75, 3.05) is 24.5 Å². The highest BCUT2D eigenvalue weighted by atomic mass is 79.9. The van der Waals surface area contributed by atoms with Crippen molar-refractivity contribution in [2.45, 2.75) is 24.8 Å². The van der Waals surface area contributed by atoms with Gasteiger partial charge < -0.3 is 14.4 Å². The van der Waals surface area contributed by atoms with Crippen LogP contribution in [0.2, 0.25) is 0 Å². The molecule has 9 heteroatoms. The lowest BCUT2D eigenvalue weighted by molar-refractivity contribution is -0.241. The minimum atomic E-state index is -1.32. The summed E-state index contributed by atoms with van der Waals surface area (Å²) in [6.45, 7) is 1.74. The SMILES string of the molecule is O=C1OC2(CN(c3cnc(-c4cccc(Br)c4)s3)C3CCN2CC3)OC1=O. The van der Waals surface area contributed by atoms with E-state index in [-0.39, 0.29) is 0 Å². The van der Waals surface area contributed by atoms with Crippen LogP contribution in [0.15, 0.2) is 34.9 Å². The number of thiazole rings is 1. The second-order valence-corrected chi connectivity index (χ2v) is 8.78. The molecular formula is C18H16BrN3O4S. The maximum atomic E-state index is 11.7. The van der Waals surface area contributed by atoms with Gasteiger partial charge in [0.25, 0.3) is 0 Å².